The summed E-state index contributed by atoms with van der Waals surface area (Å²) in [5.41, 5.74) is 0.819. The molecule has 1 heterocycles. The third-order valence-corrected chi connectivity index (χ3v) is 3.47. The summed E-state index contributed by atoms with van der Waals surface area (Å²) in [6.45, 7) is 5.17. The summed E-state index contributed by atoms with van der Waals surface area (Å²) in [6, 6.07) is 9.12. The molecule has 2 unspecified atom stereocenters. The summed E-state index contributed by atoms with van der Waals surface area (Å²) in [7, 11) is 0. The third-order valence-electron chi connectivity index (χ3n) is 3.47. The lowest BCUT2D eigenvalue weighted by Gasteiger charge is -2.32. The first kappa shape index (κ1) is 15.0. The fourth-order valence-electron chi connectivity index (χ4n) is 2.43. The zero-order chi connectivity index (χ0) is 14.4. The van der Waals surface area contributed by atoms with Gasteiger partial charge in [0.25, 0.3) is 0 Å². The van der Waals surface area contributed by atoms with Crippen LogP contribution in [0, 0.1) is 0 Å². The normalized spacial score (nSPS) is 19.3. The highest BCUT2D eigenvalue weighted by Gasteiger charge is 2.25. The van der Waals surface area contributed by atoms with Crippen molar-refractivity contribution in [2.24, 2.45) is 0 Å². The first-order valence-corrected chi connectivity index (χ1v) is 6.97. The highest BCUT2D eigenvalue weighted by molar-refractivity contribution is 5.73. The number of rotatable bonds is 5. The molecule has 0 aromatic heterocycles. The van der Waals surface area contributed by atoms with Gasteiger partial charge in [-0.15, -0.1) is 0 Å². The zero-order valence-electron chi connectivity index (χ0n) is 11.8. The van der Waals surface area contributed by atoms with Crippen LogP contribution in [0.2, 0.25) is 0 Å². The molecule has 0 spiro atoms. The maximum absolute atomic E-state index is 11.4. The number of hydrogen-bond donors (Lipinski definition) is 2. The zero-order valence-corrected chi connectivity index (χ0v) is 11.8. The van der Waals surface area contributed by atoms with Crippen LogP contribution in [0.3, 0.4) is 0 Å². The fraction of sp³-hybridized carbons (Fsp3) is 0.533. The SMILES string of the molecule is CC(=O)NC(CN1CCOCC1)C(O)c1ccccc1. The molecule has 110 valence electrons. The molecule has 1 fully saturated rings. The van der Waals surface area contributed by atoms with Crippen LogP contribution in [-0.2, 0) is 9.53 Å². The Bertz CT molecular complexity index is 418. The Morgan fingerprint density at radius 3 is 2.60 bits per heavy atom. The molecule has 1 aromatic carbocycles. The largest absolute Gasteiger partial charge is 0.386 e. The lowest BCUT2D eigenvalue weighted by molar-refractivity contribution is -0.120. The van der Waals surface area contributed by atoms with Gasteiger partial charge in [0.05, 0.1) is 19.3 Å². The van der Waals surface area contributed by atoms with E-state index < -0.39 is 6.10 Å². The Morgan fingerprint density at radius 2 is 2.00 bits per heavy atom. The number of benzene rings is 1. The molecule has 2 N–H and O–H groups in total. The molecule has 1 aromatic rings. The van der Waals surface area contributed by atoms with E-state index in [0.29, 0.717) is 19.8 Å². The highest BCUT2D eigenvalue weighted by atomic mass is 16.5. The number of hydrogen-bond acceptors (Lipinski definition) is 4. The maximum Gasteiger partial charge on any atom is 0.217 e. The molecule has 0 aliphatic carbocycles. The van der Waals surface area contributed by atoms with Gasteiger partial charge in [0.15, 0.2) is 0 Å². The summed E-state index contributed by atoms with van der Waals surface area (Å²) >= 11 is 0. The van der Waals surface area contributed by atoms with Crippen molar-refractivity contribution in [1.29, 1.82) is 0 Å². The lowest BCUT2D eigenvalue weighted by atomic mass is 10.0. The van der Waals surface area contributed by atoms with Gasteiger partial charge in [0.2, 0.25) is 5.91 Å². The van der Waals surface area contributed by atoms with Gasteiger partial charge in [0, 0.05) is 26.6 Å². The van der Waals surface area contributed by atoms with Gasteiger partial charge < -0.3 is 15.2 Å². The summed E-state index contributed by atoms with van der Waals surface area (Å²) in [5, 5.41) is 13.3. The Kier molecular flexibility index (Phi) is 5.52. The molecular formula is C15H22N2O3. The summed E-state index contributed by atoms with van der Waals surface area (Å²) in [6.07, 6.45) is -0.706. The second-order valence-corrected chi connectivity index (χ2v) is 5.08. The number of morpholine rings is 1. The number of aliphatic hydroxyl groups is 1. The van der Waals surface area contributed by atoms with Gasteiger partial charge in [-0.3, -0.25) is 9.69 Å². The van der Waals surface area contributed by atoms with Crippen LogP contribution in [0.25, 0.3) is 0 Å². The molecule has 1 amide bonds. The first-order chi connectivity index (χ1) is 9.66. The smallest absolute Gasteiger partial charge is 0.217 e. The standard InChI is InChI=1S/C15H22N2O3/c1-12(18)16-14(11-17-7-9-20-10-8-17)15(19)13-5-3-2-4-6-13/h2-6,14-15,19H,7-11H2,1H3,(H,16,18). The van der Waals surface area contributed by atoms with Crippen LogP contribution in [-0.4, -0.2) is 54.8 Å². The molecule has 1 aliphatic rings. The van der Waals surface area contributed by atoms with Crippen molar-refractivity contribution < 1.29 is 14.6 Å². The molecular weight excluding hydrogens is 256 g/mol. The Balaban J connectivity index is 2.03. The molecule has 1 saturated heterocycles. The van der Waals surface area contributed by atoms with Crippen LogP contribution in [0.1, 0.15) is 18.6 Å². The van der Waals surface area contributed by atoms with Crippen molar-refractivity contribution in [3.63, 3.8) is 0 Å². The van der Waals surface area contributed by atoms with Crippen molar-refractivity contribution in [3.8, 4) is 0 Å². The van der Waals surface area contributed by atoms with Crippen molar-refractivity contribution >= 4 is 5.91 Å². The number of amides is 1. The molecule has 5 heteroatoms. The number of nitrogens with zero attached hydrogens (tertiary/aromatic N) is 1. The Morgan fingerprint density at radius 1 is 1.35 bits per heavy atom. The van der Waals surface area contributed by atoms with Crippen molar-refractivity contribution in [1.82, 2.24) is 10.2 Å². The monoisotopic (exact) mass is 278 g/mol. The van der Waals surface area contributed by atoms with Gasteiger partial charge in [-0.05, 0) is 5.56 Å². The Hall–Kier alpha value is -1.43. The first-order valence-electron chi connectivity index (χ1n) is 6.97. The minimum atomic E-state index is -0.706. The second kappa shape index (κ2) is 7.38. The Labute approximate surface area is 119 Å². The molecule has 5 nitrogen and oxygen atoms in total. The summed E-state index contributed by atoms with van der Waals surface area (Å²) in [5.74, 6) is -0.127. The second-order valence-electron chi connectivity index (χ2n) is 5.08. The van der Waals surface area contributed by atoms with Crippen molar-refractivity contribution in [2.75, 3.05) is 32.8 Å². The number of carbonyl (C=O) groups excluding carboxylic acids is 1. The van der Waals surface area contributed by atoms with E-state index in [1.807, 2.05) is 30.3 Å². The molecule has 0 radical (unpaired) electrons. The van der Waals surface area contributed by atoms with E-state index in [-0.39, 0.29) is 11.9 Å². The van der Waals surface area contributed by atoms with Gasteiger partial charge in [0.1, 0.15) is 6.10 Å². The van der Waals surface area contributed by atoms with Crippen LogP contribution in [0.15, 0.2) is 30.3 Å². The minimum Gasteiger partial charge on any atom is -0.386 e. The van der Waals surface area contributed by atoms with Gasteiger partial charge in [-0.25, -0.2) is 0 Å². The van der Waals surface area contributed by atoms with E-state index in [4.69, 9.17) is 4.74 Å². The fourth-order valence-corrected chi connectivity index (χ4v) is 2.43. The molecule has 0 bridgehead atoms. The van der Waals surface area contributed by atoms with Crippen molar-refractivity contribution in [2.45, 2.75) is 19.1 Å². The van der Waals surface area contributed by atoms with Gasteiger partial charge in [-0.2, -0.15) is 0 Å². The van der Waals surface area contributed by atoms with E-state index in [0.717, 1.165) is 18.7 Å². The summed E-state index contributed by atoms with van der Waals surface area (Å²) in [4.78, 5) is 13.6. The lowest BCUT2D eigenvalue weighted by Crippen LogP contribution is -2.49. The topological polar surface area (TPSA) is 61.8 Å². The van der Waals surface area contributed by atoms with Crippen molar-refractivity contribution in [3.05, 3.63) is 35.9 Å². The quantitative estimate of drug-likeness (QED) is 0.826. The van der Waals surface area contributed by atoms with Gasteiger partial charge >= 0.3 is 0 Å². The average Bonchev–Trinajstić information content (AvgIpc) is 2.47. The maximum atomic E-state index is 11.4. The molecule has 1 aliphatic heterocycles. The number of aliphatic hydroxyl groups excluding tert-OH is 1. The van der Waals surface area contributed by atoms with Crippen LogP contribution >= 0.6 is 0 Å². The molecule has 2 rings (SSSR count). The van der Waals surface area contributed by atoms with Crippen LogP contribution in [0.4, 0.5) is 0 Å². The third kappa shape index (κ3) is 4.30. The van der Waals surface area contributed by atoms with E-state index in [2.05, 4.69) is 10.2 Å². The molecule has 0 saturated carbocycles. The van der Waals surface area contributed by atoms with E-state index in [9.17, 15) is 9.90 Å². The highest BCUT2D eigenvalue weighted by Crippen LogP contribution is 2.17. The van der Waals surface area contributed by atoms with E-state index in [1.165, 1.54) is 6.92 Å². The summed E-state index contributed by atoms with van der Waals surface area (Å²) < 4.78 is 5.32. The number of ether oxygens (including phenoxy) is 1. The molecule has 20 heavy (non-hydrogen) atoms. The van der Waals surface area contributed by atoms with Gasteiger partial charge in [-0.1, -0.05) is 30.3 Å². The number of carbonyl (C=O) groups is 1. The van der Waals surface area contributed by atoms with Crippen LogP contribution < -0.4 is 5.32 Å². The van der Waals surface area contributed by atoms with E-state index in [1.54, 1.807) is 0 Å². The average molecular weight is 278 g/mol. The predicted octanol–water partition coefficient (Wildman–Crippen LogP) is 0.557. The minimum absolute atomic E-state index is 0.127. The molecule has 2 atom stereocenters. The van der Waals surface area contributed by atoms with E-state index >= 15 is 0 Å². The van der Waals surface area contributed by atoms with Crippen LogP contribution in [0.5, 0.6) is 0 Å². The predicted molar refractivity (Wildman–Crippen MR) is 76.3 cm³/mol. The number of nitrogens with one attached hydrogen (secondary N) is 1.